The van der Waals surface area contributed by atoms with Crippen LogP contribution < -0.4 is 5.73 Å². The van der Waals surface area contributed by atoms with Gasteiger partial charge in [0.2, 0.25) is 5.91 Å². The van der Waals surface area contributed by atoms with Crippen LogP contribution in [0.4, 0.5) is 0 Å². The molecule has 1 amide bonds. The summed E-state index contributed by atoms with van der Waals surface area (Å²) in [5.74, 6) is -0.511. The van der Waals surface area contributed by atoms with Gasteiger partial charge in [0.25, 0.3) is 0 Å². The largest absolute Gasteiger partial charge is 0.366 e. The molecule has 0 atom stereocenters. The van der Waals surface area contributed by atoms with Gasteiger partial charge in [0.1, 0.15) is 0 Å². The molecule has 0 aliphatic carbocycles. The van der Waals surface area contributed by atoms with Crippen molar-refractivity contribution < 1.29 is 4.79 Å². The summed E-state index contributed by atoms with van der Waals surface area (Å²) in [5.41, 5.74) is 5.37. The molecule has 2 N–H and O–H groups in total. The average molecular weight is 169 g/mol. The van der Waals surface area contributed by atoms with E-state index in [1.54, 1.807) is 12.2 Å². The van der Waals surface area contributed by atoms with Crippen LogP contribution in [0.1, 0.15) is 6.92 Å². The number of amides is 1. The van der Waals surface area contributed by atoms with Gasteiger partial charge in [-0.2, -0.15) is 0 Å². The Kier molecular flexibility index (Phi) is 4.38. The van der Waals surface area contributed by atoms with E-state index in [1.165, 1.54) is 6.08 Å². The molecule has 0 aromatic rings. The molecule has 0 unspecified atom stereocenters. The Morgan fingerprint density at radius 2 is 2.18 bits per heavy atom. The van der Waals surface area contributed by atoms with Crippen molar-refractivity contribution in [3.8, 4) is 0 Å². The van der Waals surface area contributed by atoms with E-state index in [2.05, 4.69) is 19.2 Å². The molecule has 3 heteroatoms. The summed E-state index contributed by atoms with van der Waals surface area (Å²) in [6.07, 6.45) is 4.85. The van der Waals surface area contributed by atoms with E-state index in [0.717, 1.165) is 0 Å². The number of hydrogen-bond acceptors (Lipinski definition) is 2. The van der Waals surface area contributed by atoms with Crippen molar-refractivity contribution in [3.05, 3.63) is 35.3 Å². The van der Waals surface area contributed by atoms with Gasteiger partial charge in [0, 0.05) is 4.91 Å². The minimum Gasteiger partial charge on any atom is -0.366 e. The summed E-state index contributed by atoms with van der Waals surface area (Å²) in [6.45, 7) is 5.28. The Morgan fingerprint density at radius 3 is 2.45 bits per heavy atom. The van der Waals surface area contributed by atoms with E-state index in [-0.39, 0.29) is 0 Å². The lowest BCUT2D eigenvalue weighted by Crippen LogP contribution is -2.13. The van der Waals surface area contributed by atoms with Crippen molar-refractivity contribution in [3.63, 3.8) is 0 Å². The zero-order valence-electron chi connectivity index (χ0n) is 6.37. The number of carbonyl (C=O) groups is 1. The Balaban J connectivity index is 4.82. The van der Waals surface area contributed by atoms with Crippen molar-refractivity contribution in [2.75, 3.05) is 0 Å². The number of rotatable bonds is 3. The standard InChI is InChI=1S/C8H11NOS/c1-3-5-7(11)6(4-2)8(9)10/h3-5,11H,2H2,1H3,(H2,9,10)/b5-3-,7-6-. The molecule has 0 aliphatic rings. The summed E-state index contributed by atoms with van der Waals surface area (Å²) in [5, 5.41) is 0. The van der Waals surface area contributed by atoms with Crippen LogP contribution in [0.5, 0.6) is 0 Å². The Labute approximate surface area is 71.9 Å². The topological polar surface area (TPSA) is 43.1 Å². The second-order valence-corrected chi connectivity index (χ2v) is 2.35. The summed E-state index contributed by atoms with van der Waals surface area (Å²) in [4.78, 5) is 11.2. The van der Waals surface area contributed by atoms with E-state index >= 15 is 0 Å². The van der Waals surface area contributed by atoms with Crippen LogP contribution in [0.2, 0.25) is 0 Å². The second-order valence-electron chi connectivity index (χ2n) is 1.87. The number of primary amides is 1. The molecule has 0 spiro atoms. The molecule has 0 rings (SSSR count). The molecule has 0 aromatic heterocycles. The maximum atomic E-state index is 10.7. The summed E-state index contributed by atoms with van der Waals surface area (Å²) < 4.78 is 0. The summed E-state index contributed by atoms with van der Waals surface area (Å²) >= 11 is 4.05. The summed E-state index contributed by atoms with van der Waals surface area (Å²) in [6, 6.07) is 0. The highest BCUT2D eigenvalue weighted by molar-refractivity contribution is 7.84. The first-order chi connectivity index (χ1) is 5.13. The Morgan fingerprint density at radius 1 is 1.64 bits per heavy atom. The van der Waals surface area contributed by atoms with E-state index in [9.17, 15) is 4.79 Å². The van der Waals surface area contributed by atoms with Gasteiger partial charge >= 0.3 is 0 Å². The van der Waals surface area contributed by atoms with Crippen LogP contribution in [0.25, 0.3) is 0 Å². The Hall–Kier alpha value is -0.960. The first-order valence-electron chi connectivity index (χ1n) is 3.11. The van der Waals surface area contributed by atoms with Crippen molar-refractivity contribution >= 4 is 18.5 Å². The van der Waals surface area contributed by atoms with Gasteiger partial charge in [0.05, 0.1) is 5.57 Å². The molecule has 11 heavy (non-hydrogen) atoms. The maximum Gasteiger partial charge on any atom is 0.249 e. The SMILES string of the molecule is C=C/C(C(N)=O)=C(S)\C=C/C. The molecule has 60 valence electrons. The van der Waals surface area contributed by atoms with Crippen LogP contribution in [-0.4, -0.2) is 5.91 Å². The maximum absolute atomic E-state index is 10.7. The first-order valence-corrected chi connectivity index (χ1v) is 3.56. The highest BCUT2D eigenvalue weighted by atomic mass is 32.1. The zero-order chi connectivity index (χ0) is 8.85. The lowest BCUT2D eigenvalue weighted by molar-refractivity contribution is -0.114. The van der Waals surface area contributed by atoms with E-state index in [0.29, 0.717) is 10.5 Å². The monoisotopic (exact) mass is 169 g/mol. The second kappa shape index (κ2) is 4.79. The molecule has 0 radical (unpaired) electrons. The van der Waals surface area contributed by atoms with Crippen molar-refractivity contribution in [2.24, 2.45) is 5.73 Å². The van der Waals surface area contributed by atoms with Gasteiger partial charge < -0.3 is 5.73 Å². The number of nitrogens with two attached hydrogens (primary N) is 1. The fourth-order valence-electron chi connectivity index (χ4n) is 0.579. The molecule has 0 heterocycles. The quantitative estimate of drug-likeness (QED) is 0.374. The molecule has 0 aromatic carbocycles. The van der Waals surface area contributed by atoms with Crippen LogP contribution in [0, 0.1) is 0 Å². The van der Waals surface area contributed by atoms with Gasteiger partial charge in [-0.15, -0.1) is 12.6 Å². The third-order valence-electron chi connectivity index (χ3n) is 1.07. The van der Waals surface area contributed by atoms with Gasteiger partial charge in [-0.05, 0) is 6.92 Å². The molecule has 0 fully saturated rings. The number of allylic oxidation sites excluding steroid dienone is 2. The van der Waals surface area contributed by atoms with Gasteiger partial charge in [-0.1, -0.05) is 24.8 Å². The van der Waals surface area contributed by atoms with Gasteiger partial charge in [-0.25, -0.2) is 0 Å². The third-order valence-corrected chi connectivity index (χ3v) is 1.46. The molecular formula is C8H11NOS. The average Bonchev–Trinajstić information content (AvgIpc) is 1.88. The number of thiol groups is 1. The first kappa shape index (κ1) is 10.0. The van der Waals surface area contributed by atoms with Crippen LogP contribution >= 0.6 is 12.6 Å². The molecule has 0 aliphatic heterocycles. The Bertz CT molecular complexity index is 228. The lowest BCUT2D eigenvalue weighted by Gasteiger charge is -1.96. The fourth-order valence-corrected chi connectivity index (χ4v) is 0.930. The lowest BCUT2D eigenvalue weighted by atomic mass is 10.2. The smallest absolute Gasteiger partial charge is 0.249 e. The van der Waals surface area contributed by atoms with E-state index in [1.807, 2.05) is 6.92 Å². The third kappa shape index (κ3) is 3.09. The van der Waals surface area contributed by atoms with Crippen molar-refractivity contribution in [1.82, 2.24) is 0 Å². The minimum absolute atomic E-state index is 0.339. The fraction of sp³-hybridized carbons (Fsp3) is 0.125. The predicted octanol–water partition coefficient (Wildman–Crippen LogP) is 1.42. The number of hydrogen-bond donors (Lipinski definition) is 2. The van der Waals surface area contributed by atoms with E-state index in [4.69, 9.17) is 5.73 Å². The van der Waals surface area contributed by atoms with Crippen molar-refractivity contribution in [1.29, 1.82) is 0 Å². The van der Waals surface area contributed by atoms with E-state index < -0.39 is 5.91 Å². The molecule has 0 saturated carbocycles. The van der Waals surface area contributed by atoms with Crippen LogP contribution in [0.15, 0.2) is 35.3 Å². The van der Waals surface area contributed by atoms with Crippen molar-refractivity contribution in [2.45, 2.75) is 6.92 Å². The van der Waals surface area contributed by atoms with Crippen LogP contribution in [-0.2, 0) is 4.79 Å². The minimum atomic E-state index is -0.511. The summed E-state index contributed by atoms with van der Waals surface area (Å²) in [7, 11) is 0. The molecule has 2 nitrogen and oxygen atoms in total. The van der Waals surface area contributed by atoms with Gasteiger partial charge in [-0.3, -0.25) is 4.79 Å². The molecule has 0 saturated heterocycles. The van der Waals surface area contributed by atoms with Crippen LogP contribution in [0.3, 0.4) is 0 Å². The molecular weight excluding hydrogens is 158 g/mol. The normalized spacial score (nSPS) is 12.9. The predicted molar refractivity (Wildman–Crippen MR) is 50.2 cm³/mol. The highest BCUT2D eigenvalue weighted by Gasteiger charge is 2.02. The highest BCUT2D eigenvalue weighted by Crippen LogP contribution is 2.10. The molecule has 0 bridgehead atoms. The number of carbonyl (C=O) groups excluding carboxylic acids is 1. The zero-order valence-corrected chi connectivity index (χ0v) is 7.27. The van der Waals surface area contributed by atoms with Gasteiger partial charge in [0.15, 0.2) is 0 Å².